The topological polar surface area (TPSA) is 91.3 Å². The first kappa shape index (κ1) is 22.0. The fraction of sp³-hybridized carbons (Fsp3) is 0.462. The fourth-order valence-electron chi connectivity index (χ4n) is 5.26. The summed E-state index contributed by atoms with van der Waals surface area (Å²) in [7, 11) is 0. The maximum absolute atomic E-state index is 6.63. The van der Waals surface area contributed by atoms with Crippen molar-refractivity contribution in [2.24, 2.45) is 0 Å². The van der Waals surface area contributed by atoms with E-state index in [-0.39, 0.29) is 6.10 Å². The number of nitrogens with zero attached hydrogens (tertiary/aromatic N) is 6. The molecule has 0 radical (unpaired) electrons. The van der Waals surface area contributed by atoms with Crippen LogP contribution in [0.3, 0.4) is 0 Å². The Labute approximate surface area is 204 Å². The Morgan fingerprint density at radius 3 is 2.60 bits per heavy atom. The van der Waals surface area contributed by atoms with Crippen LogP contribution < -0.4 is 9.64 Å². The van der Waals surface area contributed by atoms with Gasteiger partial charge in [0.1, 0.15) is 17.7 Å². The Morgan fingerprint density at radius 1 is 1.06 bits per heavy atom. The van der Waals surface area contributed by atoms with Crippen LogP contribution in [0.1, 0.15) is 43.2 Å². The van der Waals surface area contributed by atoms with Crippen LogP contribution in [0.15, 0.2) is 41.6 Å². The number of aromatic nitrogens is 5. The van der Waals surface area contributed by atoms with Crippen molar-refractivity contribution in [1.29, 1.82) is 0 Å². The molecule has 4 aromatic heterocycles. The standard InChI is InChI=1S/C26H30N6O3/c1-17-25(18(2)35-30-17)19-13-22-23(28-15-19)14-24(31-9-11-33-12-10-31)29-26(22)34-21-5-3-20(4-6-21)32-8-7-27-16-32/h7-8,13-16,20-21H,3-6,9-12H2,1-2H3/t20-,21+. The van der Waals surface area contributed by atoms with Crippen molar-refractivity contribution in [2.75, 3.05) is 31.2 Å². The third kappa shape index (κ3) is 4.36. The number of rotatable bonds is 5. The Balaban J connectivity index is 1.33. The second-order valence-corrected chi connectivity index (χ2v) is 9.43. The first-order valence-electron chi connectivity index (χ1n) is 12.4. The molecule has 4 aromatic rings. The summed E-state index contributed by atoms with van der Waals surface area (Å²) in [5.74, 6) is 2.32. The molecule has 35 heavy (non-hydrogen) atoms. The van der Waals surface area contributed by atoms with Gasteiger partial charge in [0.25, 0.3) is 0 Å². The Hall–Kier alpha value is -3.46. The molecule has 2 fully saturated rings. The molecule has 0 bridgehead atoms. The molecule has 5 heterocycles. The van der Waals surface area contributed by atoms with E-state index in [1.807, 2.05) is 32.6 Å². The molecule has 0 unspecified atom stereocenters. The van der Waals surface area contributed by atoms with Gasteiger partial charge in [-0.2, -0.15) is 4.98 Å². The Kier molecular flexibility index (Phi) is 5.85. The van der Waals surface area contributed by atoms with Crippen LogP contribution in [0, 0.1) is 13.8 Å². The monoisotopic (exact) mass is 474 g/mol. The molecule has 1 saturated carbocycles. The van der Waals surface area contributed by atoms with Crippen LogP contribution in [0.25, 0.3) is 22.0 Å². The molecular weight excluding hydrogens is 444 g/mol. The molecule has 2 aliphatic rings. The average Bonchev–Trinajstić information content (AvgIpc) is 3.55. The van der Waals surface area contributed by atoms with Gasteiger partial charge >= 0.3 is 0 Å². The third-order valence-electron chi connectivity index (χ3n) is 7.16. The fourth-order valence-corrected chi connectivity index (χ4v) is 5.26. The van der Waals surface area contributed by atoms with Crippen molar-refractivity contribution in [1.82, 2.24) is 24.7 Å². The first-order chi connectivity index (χ1) is 17.2. The molecule has 9 nitrogen and oxygen atoms in total. The highest BCUT2D eigenvalue weighted by Gasteiger charge is 2.26. The van der Waals surface area contributed by atoms with Gasteiger partial charge in [0.05, 0.1) is 36.1 Å². The third-order valence-corrected chi connectivity index (χ3v) is 7.16. The van der Waals surface area contributed by atoms with Crippen molar-refractivity contribution < 1.29 is 14.0 Å². The van der Waals surface area contributed by atoms with Crippen molar-refractivity contribution >= 4 is 16.7 Å². The molecule has 6 rings (SSSR count). The molecule has 1 saturated heterocycles. The average molecular weight is 475 g/mol. The molecule has 0 aromatic carbocycles. The largest absolute Gasteiger partial charge is 0.474 e. The summed E-state index contributed by atoms with van der Waals surface area (Å²) in [6.45, 7) is 6.90. The van der Waals surface area contributed by atoms with E-state index < -0.39 is 0 Å². The highest BCUT2D eigenvalue weighted by molar-refractivity contribution is 5.90. The number of fused-ring (bicyclic) bond motifs is 1. The normalized spacial score (nSPS) is 20.9. The zero-order chi connectivity index (χ0) is 23.8. The molecule has 182 valence electrons. The SMILES string of the molecule is Cc1noc(C)c1-c1cnc2cc(N3CCOCC3)nc(O[C@H]3CC[C@@H](n4ccnc4)CC3)c2c1. The summed E-state index contributed by atoms with van der Waals surface area (Å²) < 4.78 is 19.8. The number of aryl methyl sites for hydroxylation is 2. The van der Waals surface area contributed by atoms with E-state index in [0.29, 0.717) is 25.1 Å². The Bertz CT molecular complexity index is 1280. The van der Waals surface area contributed by atoms with E-state index in [2.05, 4.69) is 37.9 Å². The van der Waals surface area contributed by atoms with Gasteiger partial charge < -0.3 is 23.5 Å². The van der Waals surface area contributed by atoms with Crippen LogP contribution in [-0.2, 0) is 4.74 Å². The smallest absolute Gasteiger partial charge is 0.225 e. The number of ether oxygens (including phenoxy) is 2. The van der Waals surface area contributed by atoms with Crippen molar-refractivity contribution in [2.45, 2.75) is 51.7 Å². The maximum Gasteiger partial charge on any atom is 0.225 e. The lowest BCUT2D eigenvalue weighted by Gasteiger charge is -2.31. The number of imidazole rings is 1. The van der Waals surface area contributed by atoms with Crippen molar-refractivity contribution in [3.05, 3.63) is 48.5 Å². The molecule has 1 aliphatic heterocycles. The predicted octanol–water partition coefficient (Wildman–Crippen LogP) is 4.50. The summed E-state index contributed by atoms with van der Waals surface area (Å²) >= 11 is 0. The van der Waals surface area contributed by atoms with Gasteiger partial charge in [0, 0.05) is 54.9 Å². The van der Waals surface area contributed by atoms with Gasteiger partial charge in [-0.05, 0) is 45.6 Å². The number of pyridine rings is 2. The van der Waals surface area contributed by atoms with E-state index in [0.717, 1.165) is 78.1 Å². The molecule has 0 N–H and O–H groups in total. The van der Waals surface area contributed by atoms with Crippen LogP contribution in [0.4, 0.5) is 5.82 Å². The van der Waals surface area contributed by atoms with Gasteiger partial charge in [-0.25, -0.2) is 4.98 Å². The summed E-state index contributed by atoms with van der Waals surface area (Å²) in [4.78, 5) is 16.3. The molecule has 0 atom stereocenters. The van der Waals surface area contributed by atoms with E-state index in [1.165, 1.54) is 0 Å². The van der Waals surface area contributed by atoms with Crippen LogP contribution >= 0.6 is 0 Å². The quantitative estimate of drug-likeness (QED) is 0.418. The summed E-state index contributed by atoms with van der Waals surface area (Å²) in [5.41, 5.74) is 3.66. The van der Waals surface area contributed by atoms with Gasteiger partial charge in [-0.3, -0.25) is 4.98 Å². The summed E-state index contributed by atoms with van der Waals surface area (Å²) in [6, 6.07) is 4.65. The lowest BCUT2D eigenvalue weighted by atomic mass is 9.93. The minimum Gasteiger partial charge on any atom is -0.474 e. The number of anilines is 1. The van der Waals surface area contributed by atoms with Crippen molar-refractivity contribution in [3.8, 4) is 17.0 Å². The predicted molar refractivity (Wildman–Crippen MR) is 132 cm³/mol. The van der Waals surface area contributed by atoms with E-state index in [9.17, 15) is 0 Å². The minimum absolute atomic E-state index is 0.119. The number of morpholine rings is 1. The van der Waals surface area contributed by atoms with E-state index in [1.54, 1.807) is 0 Å². The second-order valence-electron chi connectivity index (χ2n) is 9.43. The zero-order valence-corrected chi connectivity index (χ0v) is 20.2. The summed E-state index contributed by atoms with van der Waals surface area (Å²) in [5, 5.41) is 5.03. The zero-order valence-electron chi connectivity index (χ0n) is 20.2. The highest BCUT2D eigenvalue weighted by Crippen LogP contribution is 2.36. The number of hydrogen-bond donors (Lipinski definition) is 0. The first-order valence-corrected chi connectivity index (χ1v) is 12.4. The Morgan fingerprint density at radius 2 is 1.89 bits per heavy atom. The molecule has 9 heteroatoms. The van der Waals surface area contributed by atoms with Gasteiger partial charge in [-0.1, -0.05) is 5.16 Å². The van der Waals surface area contributed by atoms with Crippen LogP contribution in [0.5, 0.6) is 5.88 Å². The lowest BCUT2D eigenvalue weighted by molar-refractivity contribution is 0.121. The van der Waals surface area contributed by atoms with Crippen LogP contribution in [-0.4, -0.2) is 57.1 Å². The van der Waals surface area contributed by atoms with E-state index >= 15 is 0 Å². The molecular formula is C26H30N6O3. The van der Waals surface area contributed by atoms with Gasteiger partial charge in [0.2, 0.25) is 5.88 Å². The highest BCUT2D eigenvalue weighted by atomic mass is 16.5. The summed E-state index contributed by atoms with van der Waals surface area (Å²) in [6.07, 6.45) is 11.9. The van der Waals surface area contributed by atoms with Crippen LogP contribution in [0.2, 0.25) is 0 Å². The van der Waals surface area contributed by atoms with Crippen molar-refractivity contribution in [3.63, 3.8) is 0 Å². The van der Waals surface area contributed by atoms with Gasteiger partial charge in [-0.15, -0.1) is 0 Å². The molecule has 0 amide bonds. The lowest BCUT2D eigenvalue weighted by Crippen LogP contribution is -2.36. The van der Waals surface area contributed by atoms with Gasteiger partial charge in [0.15, 0.2) is 0 Å². The molecule has 1 aliphatic carbocycles. The minimum atomic E-state index is 0.119. The molecule has 0 spiro atoms. The maximum atomic E-state index is 6.63. The second kappa shape index (κ2) is 9.30. The van der Waals surface area contributed by atoms with E-state index in [4.69, 9.17) is 24.0 Å². The number of hydrogen-bond acceptors (Lipinski definition) is 8.